The first kappa shape index (κ1) is 16.9. The number of carbonyl (C=O) groups excluding carboxylic acids is 3. The summed E-state index contributed by atoms with van der Waals surface area (Å²) >= 11 is 0. The third-order valence-electron chi connectivity index (χ3n) is 2.05. The zero-order valence-electron chi connectivity index (χ0n) is 11.4. The van der Waals surface area contributed by atoms with E-state index in [0.29, 0.717) is 0 Å². The predicted molar refractivity (Wildman–Crippen MR) is 69.2 cm³/mol. The summed E-state index contributed by atoms with van der Waals surface area (Å²) in [6.45, 7) is 10.8. The summed E-state index contributed by atoms with van der Waals surface area (Å²) in [6, 6.07) is 0. The second-order valence-corrected chi connectivity index (χ2v) is 4.41. The molecule has 6 nitrogen and oxygen atoms in total. The van der Waals surface area contributed by atoms with Gasteiger partial charge in [-0.15, -0.1) is 0 Å². The van der Waals surface area contributed by atoms with Gasteiger partial charge < -0.3 is 14.8 Å². The molecule has 0 saturated heterocycles. The topological polar surface area (TPSA) is 81.7 Å². The molecule has 0 bridgehead atoms. The van der Waals surface area contributed by atoms with Crippen LogP contribution in [0.1, 0.15) is 20.8 Å². The first-order valence-corrected chi connectivity index (χ1v) is 5.61. The van der Waals surface area contributed by atoms with E-state index in [0.717, 1.165) is 6.08 Å². The van der Waals surface area contributed by atoms with Crippen LogP contribution in [0.3, 0.4) is 0 Å². The normalized spacial score (nSPS) is 12.8. The van der Waals surface area contributed by atoms with E-state index in [1.807, 2.05) is 0 Å². The summed E-state index contributed by atoms with van der Waals surface area (Å²) in [4.78, 5) is 33.4. The highest BCUT2D eigenvalue weighted by Crippen LogP contribution is 2.08. The van der Waals surface area contributed by atoms with Gasteiger partial charge >= 0.3 is 11.9 Å². The zero-order chi connectivity index (χ0) is 15.1. The Hall–Kier alpha value is -2.11. The molecule has 0 heterocycles. The number of ether oxygens (including phenoxy) is 2. The maximum atomic E-state index is 11.3. The molecule has 0 radical (unpaired) electrons. The lowest BCUT2D eigenvalue weighted by atomic mass is 10.1. The van der Waals surface area contributed by atoms with Crippen molar-refractivity contribution in [3.63, 3.8) is 0 Å². The van der Waals surface area contributed by atoms with Crippen molar-refractivity contribution in [2.45, 2.75) is 26.3 Å². The predicted octanol–water partition coefficient (Wildman–Crippen LogP) is 0.730. The van der Waals surface area contributed by atoms with Gasteiger partial charge in [0, 0.05) is 18.6 Å². The summed E-state index contributed by atoms with van der Waals surface area (Å²) < 4.78 is 9.83. The van der Waals surface area contributed by atoms with Crippen molar-refractivity contribution >= 4 is 17.8 Å². The van der Waals surface area contributed by atoms with Crippen molar-refractivity contribution in [1.82, 2.24) is 5.32 Å². The maximum Gasteiger partial charge on any atom is 0.333 e. The molecule has 0 saturated carbocycles. The molecule has 0 rings (SSSR count). The molecule has 106 valence electrons. The molecule has 1 unspecified atom stereocenters. The Kier molecular flexibility index (Phi) is 6.54. The second kappa shape index (κ2) is 7.35. The van der Waals surface area contributed by atoms with Gasteiger partial charge in [0.05, 0.1) is 0 Å². The van der Waals surface area contributed by atoms with E-state index in [1.165, 1.54) is 13.8 Å². The van der Waals surface area contributed by atoms with E-state index in [1.54, 1.807) is 6.92 Å². The van der Waals surface area contributed by atoms with Gasteiger partial charge in [-0.2, -0.15) is 0 Å². The molecule has 19 heavy (non-hydrogen) atoms. The molecule has 0 fully saturated rings. The summed E-state index contributed by atoms with van der Waals surface area (Å²) in [5.41, 5.74) is -0.761. The van der Waals surface area contributed by atoms with Gasteiger partial charge in [-0.25, -0.2) is 9.59 Å². The van der Waals surface area contributed by atoms with Crippen LogP contribution in [0.5, 0.6) is 0 Å². The largest absolute Gasteiger partial charge is 0.460 e. The van der Waals surface area contributed by atoms with Crippen LogP contribution in [0.15, 0.2) is 24.8 Å². The van der Waals surface area contributed by atoms with Crippen molar-refractivity contribution < 1.29 is 23.9 Å². The Labute approximate surface area is 112 Å². The third kappa shape index (κ3) is 7.03. The summed E-state index contributed by atoms with van der Waals surface area (Å²) in [7, 11) is 0. The standard InChI is InChI=1S/C13H19NO5/c1-6-11(16)18-7-13(5,14-10(4)15)8-19-12(17)9(2)3/h6H,1-2,7-8H2,3-5H3,(H,14,15). The monoisotopic (exact) mass is 269 g/mol. The summed E-state index contributed by atoms with van der Waals surface area (Å²) in [6.07, 6.45) is 1.01. The second-order valence-electron chi connectivity index (χ2n) is 4.41. The van der Waals surface area contributed by atoms with E-state index in [2.05, 4.69) is 18.5 Å². The Balaban J connectivity index is 4.62. The van der Waals surface area contributed by atoms with Crippen LogP contribution >= 0.6 is 0 Å². The molecule has 1 N–H and O–H groups in total. The number of hydrogen-bond acceptors (Lipinski definition) is 5. The molecule has 1 amide bonds. The van der Waals surface area contributed by atoms with Crippen molar-refractivity contribution in [3.8, 4) is 0 Å². The highest BCUT2D eigenvalue weighted by Gasteiger charge is 2.29. The molecule has 0 aliphatic heterocycles. The Morgan fingerprint density at radius 3 is 2.16 bits per heavy atom. The van der Waals surface area contributed by atoms with Crippen LogP contribution < -0.4 is 5.32 Å². The van der Waals surface area contributed by atoms with E-state index in [4.69, 9.17) is 9.47 Å². The fourth-order valence-corrected chi connectivity index (χ4v) is 1.18. The smallest absolute Gasteiger partial charge is 0.333 e. The molecule has 1 atom stereocenters. The van der Waals surface area contributed by atoms with Crippen molar-refractivity contribution in [2.24, 2.45) is 0 Å². The number of hydrogen-bond donors (Lipinski definition) is 1. The van der Waals surface area contributed by atoms with Crippen molar-refractivity contribution in [1.29, 1.82) is 0 Å². The molecule has 0 aromatic heterocycles. The van der Waals surface area contributed by atoms with Crippen LogP contribution in [0.25, 0.3) is 0 Å². The lowest BCUT2D eigenvalue weighted by Gasteiger charge is -2.29. The highest BCUT2D eigenvalue weighted by molar-refractivity contribution is 5.87. The minimum absolute atomic E-state index is 0.136. The van der Waals surface area contributed by atoms with Gasteiger partial charge in [0.25, 0.3) is 0 Å². The van der Waals surface area contributed by atoms with E-state index >= 15 is 0 Å². The van der Waals surface area contributed by atoms with Crippen molar-refractivity contribution in [3.05, 3.63) is 24.8 Å². The lowest BCUT2D eigenvalue weighted by Crippen LogP contribution is -2.53. The van der Waals surface area contributed by atoms with E-state index < -0.39 is 17.5 Å². The molecular weight excluding hydrogens is 250 g/mol. The number of amides is 1. The molecule has 0 aromatic carbocycles. The quantitative estimate of drug-likeness (QED) is 0.544. The zero-order valence-corrected chi connectivity index (χ0v) is 11.4. The van der Waals surface area contributed by atoms with Gasteiger partial charge in [-0.1, -0.05) is 13.2 Å². The average Bonchev–Trinajstić information content (AvgIpc) is 2.32. The minimum Gasteiger partial charge on any atom is -0.460 e. The number of carbonyl (C=O) groups is 3. The first-order valence-electron chi connectivity index (χ1n) is 5.61. The molecule has 6 heteroatoms. The first-order chi connectivity index (χ1) is 8.70. The van der Waals surface area contributed by atoms with Crippen LogP contribution in [0.4, 0.5) is 0 Å². The third-order valence-corrected chi connectivity index (χ3v) is 2.05. The summed E-state index contributed by atoms with van der Waals surface area (Å²) in [5.74, 6) is -1.53. The maximum absolute atomic E-state index is 11.3. The lowest BCUT2D eigenvalue weighted by molar-refractivity contribution is -0.147. The molecule has 0 spiro atoms. The minimum atomic E-state index is -1.00. The van der Waals surface area contributed by atoms with Crippen LogP contribution in [0.2, 0.25) is 0 Å². The molecule has 0 aliphatic rings. The Bertz CT molecular complexity index is 402. The fraction of sp³-hybridized carbons (Fsp3) is 0.462. The van der Waals surface area contributed by atoms with Crippen molar-refractivity contribution in [2.75, 3.05) is 13.2 Å². The van der Waals surface area contributed by atoms with E-state index in [-0.39, 0.29) is 24.7 Å². The number of rotatable bonds is 7. The van der Waals surface area contributed by atoms with Gasteiger partial charge in [0.2, 0.25) is 5.91 Å². The number of nitrogens with one attached hydrogen (secondary N) is 1. The van der Waals surface area contributed by atoms with E-state index in [9.17, 15) is 14.4 Å². The molecule has 0 aliphatic carbocycles. The molecule has 0 aromatic rings. The van der Waals surface area contributed by atoms with Crippen LogP contribution in [0, 0.1) is 0 Å². The van der Waals surface area contributed by atoms with Gasteiger partial charge in [-0.05, 0) is 13.8 Å². The summed E-state index contributed by atoms with van der Waals surface area (Å²) in [5, 5.41) is 2.57. The SMILES string of the molecule is C=CC(=O)OCC(C)(COC(=O)C(=C)C)NC(C)=O. The Morgan fingerprint density at radius 1 is 1.21 bits per heavy atom. The highest BCUT2D eigenvalue weighted by atomic mass is 16.5. The van der Waals surface area contributed by atoms with Crippen LogP contribution in [-0.4, -0.2) is 36.6 Å². The molecular formula is C13H19NO5. The average molecular weight is 269 g/mol. The Morgan fingerprint density at radius 2 is 1.74 bits per heavy atom. The fourth-order valence-electron chi connectivity index (χ4n) is 1.18. The van der Waals surface area contributed by atoms with Gasteiger partial charge in [0.1, 0.15) is 18.8 Å². The van der Waals surface area contributed by atoms with Gasteiger partial charge in [0.15, 0.2) is 0 Å². The van der Waals surface area contributed by atoms with Gasteiger partial charge in [-0.3, -0.25) is 4.79 Å². The van der Waals surface area contributed by atoms with Crippen LogP contribution in [-0.2, 0) is 23.9 Å². The number of esters is 2.